The highest BCUT2D eigenvalue weighted by atomic mass is 32.2. The lowest BCUT2D eigenvalue weighted by atomic mass is 10.1. The summed E-state index contributed by atoms with van der Waals surface area (Å²) in [6.45, 7) is 7.22. The summed E-state index contributed by atoms with van der Waals surface area (Å²) in [5.41, 5.74) is 4.69. The van der Waals surface area contributed by atoms with Gasteiger partial charge in [-0.3, -0.25) is 14.5 Å². The summed E-state index contributed by atoms with van der Waals surface area (Å²) in [7, 11) is -3.78. The van der Waals surface area contributed by atoms with E-state index in [9.17, 15) is 13.2 Å². The molecule has 0 spiro atoms. The van der Waals surface area contributed by atoms with Crippen LogP contribution in [0.5, 0.6) is 0 Å². The summed E-state index contributed by atoms with van der Waals surface area (Å²) in [4.78, 5) is 15.8. The minimum atomic E-state index is -3.78. The Morgan fingerprint density at radius 3 is 2.26 bits per heavy atom. The van der Waals surface area contributed by atoms with Crippen molar-refractivity contribution in [2.24, 2.45) is 0 Å². The van der Waals surface area contributed by atoms with Gasteiger partial charge >= 0.3 is 0 Å². The number of benzene rings is 2. The van der Waals surface area contributed by atoms with E-state index in [1.807, 2.05) is 32.9 Å². The van der Waals surface area contributed by atoms with Gasteiger partial charge in [0.2, 0.25) is 5.91 Å². The first-order valence-corrected chi connectivity index (χ1v) is 9.94. The minimum absolute atomic E-state index is 0.113. The molecule has 0 saturated heterocycles. The van der Waals surface area contributed by atoms with E-state index < -0.39 is 10.0 Å². The van der Waals surface area contributed by atoms with E-state index in [0.29, 0.717) is 11.4 Å². The van der Waals surface area contributed by atoms with Crippen molar-refractivity contribution in [2.45, 2.75) is 32.6 Å². The monoisotopic (exact) mass is 383 g/mol. The summed E-state index contributed by atoms with van der Waals surface area (Å²) in [6, 6.07) is 11.6. The maximum absolute atomic E-state index is 12.8. The van der Waals surface area contributed by atoms with Crippen LogP contribution in [-0.4, -0.2) is 19.3 Å². The van der Waals surface area contributed by atoms with Crippen molar-refractivity contribution in [3.8, 4) is 0 Å². The van der Waals surface area contributed by atoms with Crippen molar-refractivity contribution in [2.75, 3.05) is 10.0 Å². The first-order valence-electron chi connectivity index (χ1n) is 8.45. The molecule has 2 N–H and O–H groups in total. The number of sulfonamides is 1. The summed E-state index contributed by atoms with van der Waals surface area (Å²) in [5.74, 6) is -0.215. The Hall–Kier alpha value is -2.93. The summed E-state index contributed by atoms with van der Waals surface area (Å²) in [6.07, 6.45) is 0. The van der Waals surface area contributed by atoms with Gasteiger partial charge in [0.25, 0.3) is 10.0 Å². The number of aryl methyl sites for hydroxylation is 3. The van der Waals surface area contributed by atoms with Crippen LogP contribution in [0.15, 0.2) is 47.4 Å². The second-order valence-corrected chi connectivity index (χ2v) is 8.21. The SMILES string of the molecule is CC(=O)Nc1ccc(S(=O)(=O)Nc2ccc(C)c3nc(C)c(C)cc23)cc1. The Morgan fingerprint density at radius 1 is 0.963 bits per heavy atom. The Morgan fingerprint density at radius 2 is 1.63 bits per heavy atom. The quantitative estimate of drug-likeness (QED) is 0.715. The number of carbonyl (C=O) groups is 1. The predicted molar refractivity (Wildman–Crippen MR) is 108 cm³/mol. The van der Waals surface area contributed by atoms with E-state index in [4.69, 9.17) is 0 Å². The van der Waals surface area contributed by atoms with Crippen molar-refractivity contribution >= 4 is 38.2 Å². The van der Waals surface area contributed by atoms with Crippen LogP contribution in [0.1, 0.15) is 23.7 Å². The number of nitrogens with one attached hydrogen (secondary N) is 2. The number of carbonyl (C=O) groups excluding carboxylic acids is 1. The first-order chi connectivity index (χ1) is 12.7. The van der Waals surface area contributed by atoms with Crippen molar-refractivity contribution in [3.05, 3.63) is 59.3 Å². The smallest absolute Gasteiger partial charge is 0.261 e. The fraction of sp³-hybridized carbons (Fsp3) is 0.200. The normalized spacial score (nSPS) is 11.4. The highest BCUT2D eigenvalue weighted by Crippen LogP contribution is 2.29. The van der Waals surface area contributed by atoms with Crippen LogP contribution < -0.4 is 10.0 Å². The molecule has 140 valence electrons. The van der Waals surface area contributed by atoms with Crippen LogP contribution >= 0.6 is 0 Å². The molecule has 0 aliphatic heterocycles. The van der Waals surface area contributed by atoms with E-state index in [2.05, 4.69) is 15.0 Å². The zero-order valence-corrected chi connectivity index (χ0v) is 16.4. The predicted octanol–water partition coefficient (Wildman–Crippen LogP) is 3.92. The molecule has 6 nitrogen and oxygen atoms in total. The molecule has 0 bridgehead atoms. The van der Waals surface area contributed by atoms with Crippen LogP contribution in [0.4, 0.5) is 11.4 Å². The van der Waals surface area contributed by atoms with Crippen molar-refractivity contribution in [3.63, 3.8) is 0 Å². The molecule has 3 rings (SSSR count). The second kappa shape index (κ2) is 7.00. The summed E-state index contributed by atoms with van der Waals surface area (Å²) < 4.78 is 28.2. The van der Waals surface area contributed by atoms with Crippen molar-refractivity contribution < 1.29 is 13.2 Å². The third-order valence-electron chi connectivity index (χ3n) is 4.36. The highest BCUT2D eigenvalue weighted by Gasteiger charge is 2.17. The topological polar surface area (TPSA) is 88.2 Å². The van der Waals surface area contributed by atoms with Gasteiger partial charge in [0, 0.05) is 23.7 Å². The Bertz CT molecular complexity index is 1140. The molecule has 0 saturated carbocycles. The van der Waals surface area contributed by atoms with Crippen LogP contribution in [0.2, 0.25) is 0 Å². The largest absolute Gasteiger partial charge is 0.326 e. The van der Waals surface area contributed by atoms with Gasteiger partial charge in [-0.25, -0.2) is 8.42 Å². The van der Waals surface area contributed by atoms with Gasteiger partial charge in [0.15, 0.2) is 0 Å². The number of hydrogen-bond donors (Lipinski definition) is 2. The first kappa shape index (κ1) is 18.8. The van der Waals surface area contributed by atoms with Gasteiger partial charge in [0.1, 0.15) is 0 Å². The molecule has 1 amide bonds. The van der Waals surface area contributed by atoms with E-state index in [0.717, 1.165) is 27.7 Å². The lowest BCUT2D eigenvalue weighted by Gasteiger charge is -2.13. The number of fused-ring (bicyclic) bond motifs is 1. The van der Waals surface area contributed by atoms with Gasteiger partial charge in [-0.2, -0.15) is 0 Å². The standard InChI is InChI=1S/C20H21N3O3S/c1-12-5-10-19(18-11-13(2)14(3)21-20(12)18)23-27(25,26)17-8-6-16(7-9-17)22-15(4)24/h5-11,23H,1-4H3,(H,22,24). The molecule has 0 fully saturated rings. The lowest BCUT2D eigenvalue weighted by molar-refractivity contribution is -0.114. The molecule has 0 unspecified atom stereocenters. The maximum atomic E-state index is 12.8. The van der Waals surface area contributed by atoms with Crippen LogP contribution in [-0.2, 0) is 14.8 Å². The van der Waals surface area contributed by atoms with E-state index >= 15 is 0 Å². The van der Waals surface area contributed by atoms with Crippen molar-refractivity contribution in [1.82, 2.24) is 4.98 Å². The molecule has 2 aromatic carbocycles. The summed E-state index contributed by atoms with van der Waals surface area (Å²) in [5, 5.41) is 3.37. The molecule has 0 radical (unpaired) electrons. The summed E-state index contributed by atoms with van der Waals surface area (Å²) >= 11 is 0. The Balaban J connectivity index is 2.00. The number of pyridine rings is 1. The molecule has 27 heavy (non-hydrogen) atoms. The van der Waals surface area contributed by atoms with Crippen LogP contribution in [0, 0.1) is 20.8 Å². The van der Waals surface area contributed by atoms with Crippen LogP contribution in [0.3, 0.4) is 0 Å². The number of anilines is 2. The molecule has 1 aromatic heterocycles. The lowest BCUT2D eigenvalue weighted by Crippen LogP contribution is -2.14. The third kappa shape index (κ3) is 3.93. The van der Waals surface area contributed by atoms with Gasteiger partial charge < -0.3 is 5.32 Å². The number of rotatable bonds is 4. The average Bonchev–Trinajstić information content (AvgIpc) is 2.59. The molecular formula is C20H21N3O3S. The highest BCUT2D eigenvalue weighted by molar-refractivity contribution is 7.92. The van der Waals surface area contributed by atoms with Gasteiger partial charge in [0.05, 0.1) is 16.1 Å². The fourth-order valence-corrected chi connectivity index (χ4v) is 3.88. The molecule has 3 aromatic rings. The molecule has 0 aliphatic carbocycles. The Labute approximate surface area is 158 Å². The average molecular weight is 383 g/mol. The Kier molecular flexibility index (Phi) is 4.89. The molecule has 1 heterocycles. The number of aromatic nitrogens is 1. The fourth-order valence-electron chi connectivity index (χ4n) is 2.80. The van der Waals surface area contributed by atoms with E-state index in [1.54, 1.807) is 18.2 Å². The third-order valence-corrected chi connectivity index (χ3v) is 5.74. The van der Waals surface area contributed by atoms with Gasteiger partial charge in [-0.05, 0) is 68.3 Å². The number of nitrogens with zero attached hydrogens (tertiary/aromatic N) is 1. The molecule has 7 heteroatoms. The van der Waals surface area contributed by atoms with Gasteiger partial charge in [-0.1, -0.05) is 6.07 Å². The van der Waals surface area contributed by atoms with Crippen molar-refractivity contribution in [1.29, 1.82) is 0 Å². The maximum Gasteiger partial charge on any atom is 0.261 e. The van der Waals surface area contributed by atoms with E-state index in [1.165, 1.54) is 19.1 Å². The second-order valence-electron chi connectivity index (χ2n) is 6.53. The van der Waals surface area contributed by atoms with E-state index in [-0.39, 0.29) is 10.8 Å². The minimum Gasteiger partial charge on any atom is -0.326 e. The molecular weight excluding hydrogens is 362 g/mol. The molecule has 0 atom stereocenters. The zero-order valence-electron chi connectivity index (χ0n) is 15.6. The number of hydrogen-bond acceptors (Lipinski definition) is 4. The van der Waals surface area contributed by atoms with Gasteiger partial charge in [-0.15, -0.1) is 0 Å². The van der Waals surface area contributed by atoms with Crippen LogP contribution in [0.25, 0.3) is 10.9 Å². The molecule has 0 aliphatic rings. The number of amides is 1. The zero-order chi connectivity index (χ0) is 19.8.